The molecule has 1 heterocycles. The Bertz CT molecular complexity index is 1180. The molecular formula is C28H41N3O4S. The third-order valence-corrected chi connectivity index (χ3v) is 7.47. The van der Waals surface area contributed by atoms with Gasteiger partial charge in [-0.25, -0.2) is 13.2 Å². The van der Waals surface area contributed by atoms with Gasteiger partial charge in [0.2, 0.25) is 10.0 Å². The van der Waals surface area contributed by atoms with Gasteiger partial charge >= 0.3 is 6.09 Å². The van der Waals surface area contributed by atoms with Gasteiger partial charge in [-0.05, 0) is 68.9 Å². The predicted octanol–water partition coefficient (Wildman–Crippen LogP) is 6.79. The Morgan fingerprint density at radius 2 is 1.86 bits per heavy atom. The molecule has 0 bridgehead atoms. The third kappa shape index (κ3) is 7.15. The molecule has 0 radical (unpaired) electrons. The van der Waals surface area contributed by atoms with E-state index in [-0.39, 0.29) is 12.1 Å². The van der Waals surface area contributed by atoms with Gasteiger partial charge < -0.3 is 9.64 Å². The van der Waals surface area contributed by atoms with Crippen LogP contribution in [-0.2, 0) is 21.4 Å². The first-order valence-electron chi connectivity index (χ1n) is 12.8. The summed E-state index contributed by atoms with van der Waals surface area (Å²) >= 11 is 0. The Hall–Kier alpha value is -2.74. The SMILES string of the molecule is CCCCCCN1c2cc(C)c(NC(=O)OCc3ccccc3NS(C)(=O)=O)cc2C(C)CC1(C)C. The number of carbonyl (C=O) groups excluding carboxylic acids is 1. The molecule has 0 aromatic heterocycles. The van der Waals surface area contributed by atoms with E-state index in [0.29, 0.717) is 17.2 Å². The number of amides is 1. The lowest BCUT2D eigenvalue weighted by Gasteiger charge is -2.48. The molecule has 1 unspecified atom stereocenters. The largest absolute Gasteiger partial charge is 0.444 e. The molecule has 36 heavy (non-hydrogen) atoms. The smallest absolute Gasteiger partial charge is 0.411 e. The van der Waals surface area contributed by atoms with Gasteiger partial charge in [0.1, 0.15) is 6.61 Å². The standard InChI is InChI=1S/C28H41N3O4S/c1-7-8-9-12-15-31-26-16-20(2)25(17-23(26)21(3)18-28(31,4)5)29-27(32)35-19-22-13-10-11-14-24(22)30-36(6,33)34/h10-11,13-14,16-17,21,30H,7-9,12,15,18-19H2,1-6H3,(H,29,32). The summed E-state index contributed by atoms with van der Waals surface area (Å²) in [5, 5.41) is 2.90. The number of hydrogen-bond acceptors (Lipinski definition) is 5. The maximum Gasteiger partial charge on any atom is 0.411 e. The van der Waals surface area contributed by atoms with Gasteiger partial charge in [-0.3, -0.25) is 10.0 Å². The van der Waals surface area contributed by atoms with Crippen molar-refractivity contribution < 1.29 is 17.9 Å². The topological polar surface area (TPSA) is 87.7 Å². The summed E-state index contributed by atoms with van der Waals surface area (Å²) < 4.78 is 31.2. The normalized spacial score (nSPS) is 16.8. The fraction of sp³-hybridized carbons (Fsp3) is 0.536. The van der Waals surface area contributed by atoms with Crippen molar-refractivity contribution in [2.75, 3.05) is 27.7 Å². The van der Waals surface area contributed by atoms with Gasteiger partial charge in [-0.15, -0.1) is 0 Å². The first kappa shape index (κ1) is 27.8. The number of benzene rings is 2. The van der Waals surface area contributed by atoms with Gasteiger partial charge in [-0.1, -0.05) is 51.3 Å². The summed E-state index contributed by atoms with van der Waals surface area (Å²) in [5.41, 5.74) is 5.27. The highest BCUT2D eigenvalue weighted by atomic mass is 32.2. The number of carbonyl (C=O) groups is 1. The monoisotopic (exact) mass is 515 g/mol. The zero-order chi connectivity index (χ0) is 26.5. The number of sulfonamides is 1. The molecule has 1 aliphatic heterocycles. The molecule has 0 saturated heterocycles. The highest BCUT2D eigenvalue weighted by Gasteiger charge is 2.36. The van der Waals surface area contributed by atoms with Crippen LogP contribution in [0.1, 0.15) is 82.4 Å². The Labute approximate surface area is 216 Å². The molecule has 8 heteroatoms. The van der Waals surface area contributed by atoms with Crippen molar-refractivity contribution in [3.63, 3.8) is 0 Å². The number of hydrogen-bond donors (Lipinski definition) is 2. The highest BCUT2D eigenvalue weighted by molar-refractivity contribution is 7.92. The van der Waals surface area contributed by atoms with Crippen LogP contribution in [0.25, 0.3) is 0 Å². The third-order valence-electron chi connectivity index (χ3n) is 6.88. The van der Waals surface area contributed by atoms with E-state index < -0.39 is 16.1 Å². The van der Waals surface area contributed by atoms with E-state index in [2.05, 4.69) is 54.8 Å². The van der Waals surface area contributed by atoms with Crippen molar-refractivity contribution in [1.82, 2.24) is 0 Å². The maximum absolute atomic E-state index is 12.7. The molecule has 7 nitrogen and oxygen atoms in total. The lowest BCUT2D eigenvalue weighted by atomic mass is 9.79. The van der Waals surface area contributed by atoms with Gasteiger partial charge in [0.05, 0.1) is 11.9 Å². The van der Waals surface area contributed by atoms with E-state index in [4.69, 9.17) is 4.74 Å². The quantitative estimate of drug-likeness (QED) is 0.340. The van der Waals surface area contributed by atoms with Crippen molar-refractivity contribution in [1.29, 1.82) is 0 Å². The van der Waals surface area contributed by atoms with E-state index >= 15 is 0 Å². The van der Waals surface area contributed by atoms with Crippen LogP contribution in [-0.4, -0.2) is 32.9 Å². The molecule has 1 aliphatic rings. The Morgan fingerprint density at radius 1 is 1.14 bits per heavy atom. The minimum absolute atomic E-state index is 0.0509. The first-order valence-corrected chi connectivity index (χ1v) is 14.7. The number of aryl methyl sites for hydroxylation is 1. The molecule has 198 valence electrons. The van der Waals surface area contributed by atoms with Gasteiger partial charge in [0, 0.05) is 29.0 Å². The van der Waals surface area contributed by atoms with Crippen molar-refractivity contribution in [3.8, 4) is 0 Å². The summed E-state index contributed by atoms with van der Waals surface area (Å²) in [6.45, 7) is 12.1. The van der Waals surface area contributed by atoms with E-state index in [0.717, 1.165) is 30.5 Å². The van der Waals surface area contributed by atoms with Crippen LogP contribution in [0.5, 0.6) is 0 Å². The fourth-order valence-electron chi connectivity index (χ4n) is 5.12. The molecule has 1 amide bonds. The Balaban J connectivity index is 1.74. The number of ether oxygens (including phenoxy) is 1. The van der Waals surface area contributed by atoms with Crippen molar-refractivity contribution >= 4 is 33.2 Å². The second-order valence-electron chi connectivity index (χ2n) is 10.6. The number of anilines is 3. The van der Waals surface area contributed by atoms with Crippen LogP contribution < -0.4 is 14.9 Å². The molecule has 0 fully saturated rings. The van der Waals surface area contributed by atoms with Crippen LogP contribution in [0.2, 0.25) is 0 Å². The first-order chi connectivity index (χ1) is 16.9. The minimum atomic E-state index is -3.44. The van der Waals surface area contributed by atoms with Crippen molar-refractivity contribution in [2.45, 2.75) is 84.8 Å². The Morgan fingerprint density at radius 3 is 2.56 bits per heavy atom. The van der Waals surface area contributed by atoms with Crippen LogP contribution in [0.15, 0.2) is 36.4 Å². The molecule has 2 aromatic rings. The van der Waals surface area contributed by atoms with Gasteiger partial charge in [0.15, 0.2) is 0 Å². The second kappa shape index (κ2) is 11.5. The van der Waals surface area contributed by atoms with E-state index in [9.17, 15) is 13.2 Å². The number of para-hydroxylation sites is 1. The average Bonchev–Trinajstić information content (AvgIpc) is 2.77. The molecule has 0 saturated carbocycles. The highest BCUT2D eigenvalue weighted by Crippen LogP contribution is 2.45. The van der Waals surface area contributed by atoms with Crippen LogP contribution >= 0.6 is 0 Å². The number of rotatable bonds is 10. The number of unbranched alkanes of at least 4 members (excludes halogenated alkanes) is 3. The summed E-state index contributed by atoms with van der Waals surface area (Å²) in [6.07, 6.45) is 6.45. The minimum Gasteiger partial charge on any atom is -0.444 e. The van der Waals surface area contributed by atoms with Crippen molar-refractivity contribution in [3.05, 3.63) is 53.1 Å². The number of fused-ring (bicyclic) bond motifs is 1. The fourth-order valence-corrected chi connectivity index (χ4v) is 5.72. The van der Waals surface area contributed by atoms with Crippen LogP contribution in [0, 0.1) is 6.92 Å². The number of nitrogens with one attached hydrogen (secondary N) is 2. The lowest BCUT2D eigenvalue weighted by Crippen LogP contribution is -2.48. The number of nitrogens with zero attached hydrogens (tertiary/aromatic N) is 1. The molecule has 1 atom stereocenters. The second-order valence-corrected chi connectivity index (χ2v) is 12.3. The molecule has 0 spiro atoms. The lowest BCUT2D eigenvalue weighted by molar-refractivity contribution is 0.155. The molecular weight excluding hydrogens is 474 g/mol. The summed E-state index contributed by atoms with van der Waals surface area (Å²) in [6, 6.07) is 11.1. The van der Waals surface area contributed by atoms with E-state index in [1.54, 1.807) is 24.3 Å². The van der Waals surface area contributed by atoms with Crippen molar-refractivity contribution in [2.24, 2.45) is 0 Å². The van der Waals surface area contributed by atoms with Gasteiger partial charge in [-0.2, -0.15) is 0 Å². The zero-order valence-electron chi connectivity index (χ0n) is 22.5. The van der Waals surface area contributed by atoms with E-state index in [1.807, 2.05) is 6.92 Å². The molecule has 2 aromatic carbocycles. The Kier molecular flexibility index (Phi) is 8.93. The summed E-state index contributed by atoms with van der Waals surface area (Å²) in [7, 11) is -3.44. The molecule has 2 N–H and O–H groups in total. The van der Waals surface area contributed by atoms with Crippen LogP contribution in [0.4, 0.5) is 21.9 Å². The van der Waals surface area contributed by atoms with Gasteiger partial charge in [0.25, 0.3) is 0 Å². The predicted molar refractivity (Wildman–Crippen MR) is 148 cm³/mol. The molecule has 3 rings (SSSR count). The summed E-state index contributed by atoms with van der Waals surface area (Å²) in [5.74, 6) is 0.369. The van der Waals surface area contributed by atoms with E-state index in [1.165, 1.54) is 36.9 Å². The van der Waals surface area contributed by atoms with Crippen LogP contribution in [0.3, 0.4) is 0 Å². The maximum atomic E-state index is 12.7. The molecule has 0 aliphatic carbocycles. The summed E-state index contributed by atoms with van der Waals surface area (Å²) in [4.78, 5) is 15.2. The zero-order valence-corrected chi connectivity index (χ0v) is 23.3. The average molecular weight is 516 g/mol.